The van der Waals surface area contributed by atoms with E-state index in [1.807, 2.05) is 25.1 Å². The SMILES string of the molecule is COC(=O)CCCN(C)C(=O)c1sc(-c2cccc(Cl)c2)nc1C. The molecule has 0 N–H and O–H groups in total. The van der Waals surface area contributed by atoms with E-state index >= 15 is 0 Å². The van der Waals surface area contributed by atoms with Gasteiger partial charge in [-0.15, -0.1) is 11.3 Å². The number of carbonyl (C=O) groups excluding carboxylic acids is 2. The molecule has 5 nitrogen and oxygen atoms in total. The van der Waals surface area contributed by atoms with Crippen molar-refractivity contribution in [2.24, 2.45) is 0 Å². The molecule has 0 spiro atoms. The first-order valence-corrected chi connectivity index (χ1v) is 8.67. The van der Waals surface area contributed by atoms with Crippen LogP contribution in [0.1, 0.15) is 28.2 Å². The molecule has 1 aromatic heterocycles. The van der Waals surface area contributed by atoms with Crippen LogP contribution in [0.5, 0.6) is 0 Å². The molecule has 0 unspecified atom stereocenters. The van der Waals surface area contributed by atoms with Crippen LogP contribution < -0.4 is 0 Å². The molecule has 0 saturated heterocycles. The highest BCUT2D eigenvalue weighted by Gasteiger charge is 2.19. The van der Waals surface area contributed by atoms with Gasteiger partial charge in [0.25, 0.3) is 5.91 Å². The Labute approximate surface area is 150 Å². The molecule has 2 rings (SSSR count). The second-order valence-corrected chi connectivity index (χ2v) is 6.79. The molecule has 0 aliphatic carbocycles. The molecule has 7 heteroatoms. The Morgan fingerprint density at radius 2 is 2.12 bits per heavy atom. The number of aryl methyl sites for hydroxylation is 1. The molecule has 1 aromatic carbocycles. The summed E-state index contributed by atoms with van der Waals surface area (Å²) in [4.78, 5) is 30.4. The Morgan fingerprint density at radius 1 is 1.38 bits per heavy atom. The summed E-state index contributed by atoms with van der Waals surface area (Å²) >= 11 is 7.36. The van der Waals surface area contributed by atoms with Crippen LogP contribution in [0.4, 0.5) is 0 Å². The molecule has 0 atom stereocenters. The standard InChI is InChI=1S/C17H19ClN2O3S/c1-11-15(17(22)20(2)9-5-8-14(21)23-3)24-16(19-11)12-6-4-7-13(18)10-12/h4,6-7,10H,5,8-9H2,1-3H3. The maximum Gasteiger partial charge on any atom is 0.305 e. The first-order valence-electron chi connectivity index (χ1n) is 7.48. The number of rotatable bonds is 6. The molecule has 24 heavy (non-hydrogen) atoms. The first-order chi connectivity index (χ1) is 11.4. The Morgan fingerprint density at radius 3 is 2.79 bits per heavy atom. The smallest absolute Gasteiger partial charge is 0.305 e. The minimum atomic E-state index is -0.270. The number of halogens is 1. The monoisotopic (exact) mass is 366 g/mol. The van der Waals surface area contributed by atoms with E-state index in [9.17, 15) is 9.59 Å². The summed E-state index contributed by atoms with van der Waals surface area (Å²) in [6, 6.07) is 7.40. The van der Waals surface area contributed by atoms with E-state index in [0.29, 0.717) is 35.0 Å². The number of hydrogen-bond donors (Lipinski definition) is 0. The van der Waals surface area contributed by atoms with Gasteiger partial charge in [-0.3, -0.25) is 9.59 Å². The minimum Gasteiger partial charge on any atom is -0.469 e. The summed E-state index contributed by atoms with van der Waals surface area (Å²) in [6.45, 7) is 2.30. The van der Waals surface area contributed by atoms with Crippen molar-refractivity contribution in [3.8, 4) is 10.6 Å². The molecule has 128 valence electrons. The maximum atomic E-state index is 12.6. The summed E-state index contributed by atoms with van der Waals surface area (Å²) in [5.74, 6) is -0.365. The molecular weight excluding hydrogens is 348 g/mol. The van der Waals surface area contributed by atoms with Gasteiger partial charge in [-0.2, -0.15) is 0 Å². The fourth-order valence-corrected chi connectivity index (χ4v) is 3.42. The van der Waals surface area contributed by atoms with Crippen LogP contribution in [0.2, 0.25) is 5.02 Å². The van der Waals surface area contributed by atoms with Gasteiger partial charge < -0.3 is 9.64 Å². The average Bonchev–Trinajstić information content (AvgIpc) is 2.95. The van der Waals surface area contributed by atoms with Crippen molar-refractivity contribution in [2.45, 2.75) is 19.8 Å². The Balaban J connectivity index is 2.08. The van der Waals surface area contributed by atoms with Crippen molar-refractivity contribution in [3.05, 3.63) is 39.9 Å². The summed E-state index contributed by atoms with van der Waals surface area (Å²) in [7, 11) is 3.08. The summed E-state index contributed by atoms with van der Waals surface area (Å²) in [5, 5.41) is 1.40. The molecule has 1 amide bonds. The van der Waals surface area contributed by atoms with Gasteiger partial charge >= 0.3 is 5.97 Å². The van der Waals surface area contributed by atoms with Crippen LogP contribution in [-0.4, -0.2) is 42.5 Å². The average molecular weight is 367 g/mol. The molecule has 0 aliphatic heterocycles. The molecule has 1 heterocycles. The van der Waals surface area contributed by atoms with Crippen LogP contribution in [-0.2, 0) is 9.53 Å². The molecular formula is C17H19ClN2O3S. The van der Waals surface area contributed by atoms with E-state index in [1.165, 1.54) is 18.4 Å². The molecule has 0 saturated carbocycles. The molecule has 0 bridgehead atoms. The minimum absolute atomic E-state index is 0.0943. The largest absolute Gasteiger partial charge is 0.469 e. The van der Waals surface area contributed by atoms with Gasteiger partial charge in [0.05, 0.1) is 12.8 Å². The van der Waals surface area contributed by atoms with Crippen molar-refractivity contribution in [1.29, 1.82) is 0 Å². The highest BCUT2D eigenvalue weighted by molar-refractivity contribution is 7.17. The number of nitrogens with zero attached hydrogens (tertiary/aromatic N) is 2. The van der Waals surface area contributed by atoms with Crippen molar-refractivity contribution in [2.75, 3.05) is 20.7 Å². The normalized spacial score (nSPS) is 10.5. The third-order valence-corrected chi connectivity index (χ3v) is 4.94. The summed E-state index contributed by atoms with van der Waals surface area (Å²) < 4.78 is 4.60. The quantitative estimate of drug-likeness (QED) is 0.729. The lowest BCUT2D eigenvalue weighted by Crippen LogP contribution is -2.28. The number of hydrogen-bond acceptors (Lipinski definition) is 5. The predicted octanol–water partition coefficient (Wildman–Crippen LogP) is 3.80. The van der Waals surface area contributed by atoms with Crippen molar-refractivity contribution in [1.82, 2.24) is 9.88 Å². The fourth-order valence-electron chi connectivity index (χ4n) is 2.18. The lowest BCUT2D eigenvalue weighted by Gasteiger charge is -2.15. The zero-order valence-electron chi connectivity index (χ0n) is 13.8. The lowest BCUT2D eigenvalue weighted by atomic mass is 10.2. The van der Waals surface area contributed by atoms with Crippen molar-refractivity contribution < 1.29 is 14.3 Å². The van der Waals surface area contributed by atoms with E-state index in [1.54, 1.807) is 18.0 Å². The summed E-state index contributed by atoms with van der Waals surface area (Å²) in [5.41, 5.74) is 1.59. The van der Waals surface area contributed by atoms with Gasteiger partial charge in [-0.1, -0.05) is 23.7 Å². The van der Waals surface area contributed by atoms with Crippen molar-refractivity contribution in [3.63, 3.8) is 0 Å². The number of ether oxygens (including phenoxy) is 1. The molecule has 0 radical (unpaired) electrons. The van der Waals surface area contributed by atoms with E-state index < -0.39 is 0 Å². The zero-order chi connectivity index (χ0) is 17.7. The van der Waals surface area contributed by atoms with Gasteiger partial charge in [0, 0.05) is 30.6 Å². The van der Waals surface area contributed by atoms with Crippen LogP contribution in [0.15, 0.2) is 24.3 Å². The zero-order valence-corrected chi connectivity index (χ0v) is 15.4. The van der Waals surface area contributed by atoms with Gasteiger partial charge in [0.15, 0.2) is 0 Å². The maximum absolute atomic E-state index is 12.6. The number of amides is 1. The van der Waals surface area contributed by atoms with E-state index in [0.717, 1.165) is 10.6 Å². The highest BCUT2D eigenvalue weighted by Crippen LogP contribution is 2.30. The topological polar surface area (TPSA) is 59.5 Å². The van der Waals surface area contributed by atoms with E-state index in [-0.39, 0.29) is 11.9 Å². The van der Waals surface area contributed by atoms with Crippen LogP contribution in [0.3, 0.4) is 0 Å². The summed E-state index contributed by atoms with van der Waals surface area (Å²) in [6.07, 6.45) is 0.859. The number of carbonyl (C=O) groups is 2. The van der Waals surface area contributed by atoms with E-state index in [4.69, 9.17) is 11.6 Å². The number of methoxy groups -OCH3 is 1. The van der Waals surface area contributed by atoms with Gasteiger partial charge in [0.1, 0.15) is 9.88 Å². The Hall–Kier alpha value is -1.92. The van der Waals surface area contributed by atoms with Crippen LogP contribution in [0.25, 0.3) is 10.6 Å². The van der Waals surface area contributed by atoms with Gasteiger partial charge in [-0.25, -0.2) is 4.98 Å². The van der Waals surface area contributed by atoms with Gasteiger partial charge in [0.2, 0.25) is 0 Å². The number of thiazole rings is 1. The van der Waals surface area contributed by atoms with Crippen molar-refractivity contribution >= 4 is 34.8 Å². The molecule has 2 aromatic rings. The third kappa shape index (κ3) is 4.55. The second-order valence-electron chi connectivity index (χ2n) is 5.35. The van der Waals surface area contributed by atoms with Crippen LogP contribution >= 0.6 is 22.9 Å². The number of benzene rings is 1. The Kier molecular flexibility index (Phi) is 6.34. The lowest BCUT2D eigenvalue weighted by molar-refractivity contribution is -0.140. The Bertz CT molecular complexity index is 745. The van der Waals surface area contributed by atoms with E-state index in [2.05, 4.69) is 9.72 Å². The van der Waals surface area contributed by atoms with Crippen LogP contribution in [0, 0.1) is 6.92 Å². The fraction of sp³-hybridized carbons (Fsp3) is 0.353. The number of aromatic nitrogens is 1. The third-order valence-electron chi connectivity index (χ3n) is 3.51. The number of esters is 1. The molecule has 0 fully saturated rings. The second kappa shape index (κ2) is 8.26. The first kappa shape index (κ1) is 18.4. The molecule has 0 aliphatic rings. The highest BCUT2D eigenvalue weighted by atomic mass is 35.5. The van der Waals surface area contributed by atoms with Gasteiger partial charge in [-0.05, 0) is 25.5 Å². The predicted molar refractivity (Wildman–Crippen MR) is 95.5 cm³/mol.